The molecule has 2 rings (SSSR count). The molecule has 2 atom stereocenters. The number of halogens is 3. The first-order valence-corrected chi connectivity index (χ1v) is 6.61. The van der Waals surface area contributed by atoms with Crippen molar-refractivity contribution in [3.63, 3.8) is 0 Å². The normalized spacial score (nSPS) is 22.8. The summed E-state index contributed by atoms with van der Waals surface area (Å²) < 4.78 is 10.9. The molecule has 1 saturated carbocycles. The summed E-state index contributed by atoms with van der Waals surface area (Å²) in [6, 6.07) is 3.05. The predicted molar refractivity (Wildman–Crippen MR) is 70.9 cm³/mol. The molecule has 1 fully saturated rings. The van der Waals surface area contributed by atoms with Gasteiger partial charge in [0.25, 0.3) is 0 Å². The molecule has 6 heteroatoms. The van der Waals surface area contributed by atoms with Gasteiger partial charge in [-0.15, -0.1) is 0 Å². The lowest BCUT2D eigenvalue weighted by Crippen LogP contribution is -2.52. The summed E-state index contributed by atoms with van der Waals surface area (Å²) in [6.45, 7) is 2.29. The van der Waals surface area contributed by atoms with Crippen LogP contribution in [0.5, 0.6) is 5.75 Å². The van der Waals surface area contributed by atoms with E-state index in [-0.39, 0.29) is 11.9 Å². The first-order valence-electron chi connectivity index (χ1n) is 5.48. The quantitative estimate of drug-likeness (QED) is 0.794. The molecule has 1 aromatic carbocycles. The van der Waals surface area contributed by atoms with Crippen LogP contribution in [0.15, 0.2) is 12.1 Å². The zero-order chi connectivity index (χ0) is 13.3. The summed E-state index contributed by atoms with van der Waals surface area (Å²) in [5.41, 5.74) is 0. The molecule has 98 valence electrons. The van der Waals surface area contributed by atoms with Gasteiger partial charge in [-0.05, 0) is 13.0 Å². The van der Waals surface area contributed by atoms with Crippen LogP contribution in [0, 0.1) is 0 Å². The Kier molecular flexibility index (Phi) is 4.38. The van der Waals surface area contributed by atoms with Gasteiger partial charge >= 0.3 is 0 Å². The number of hydrogen-bond donors (Lipinski definition) is 0. The van der Waals surface area contributed by atoms with Crippen molar-refractivity contribution in [3.8, 4) is 5.75 Å². The molecule has 18 heavy (non-hydrogen) atoms. The third-order valence-electron chi connectivity index (χ3n) is 2.66. The Labute approximate surface area is 120 Å². The molecule has 1 aliphatic carbocycles. The second-order valence-electron chi connectivity index (χ2n) is 3.90. The zero-order valence-electron chi connectivity index (χ0n) is 9.58. The molecule has 0 N–H and O–H groups in total. The van der Waals surface area contributed by atoms with E-state index in [4.69, 9.17) is 44.3 Å². The molecule has 0 aromatic heterocycles. The molecule has 2 unspecified atom stereocenters. The molecular formula is C12H11Cl3O3. The summed E-state index contributed by atoms with van der Waals surface area (Å²) in [6.07, 6.45) is -0.506. The van der Waals surface area contributed by atoms with Crippen molar-refractivity contribution < 1.29 is 14.3 Å². The third-order valence-corrected chi connectivity index (χ3v) is 3.67. The van der Waals surface area contributed by atoms with Crippen LogP contribution in [0.2, 0.25) is 15.1 Å². The summed E-state index contributed by atoms with van der Waals surface area (Å²) in [5, 5.41) is 1.08. The van der Waals surface area contributed by atoms with Gasteiger partial charge in [0.05, 0.1) is 15.1 Å². The number of carbonyl (C=O) groups is 1. The van der Waals surface area contributed by atoms with E-state index >= 15 is 0 Å². The van der Waals surface area contributed by atoms with E-state index < -0.39 is 6.10 Å². The van der Waals surface area contributed by atoms with E-state index in [9.17, 15) is 4.79 Å². The number of Topliss-reactive ketones (excluding diaryl/α,β-unsaturated/α-hetero) is 1. The fourth-order valence-electron chi connectivity index (χ4n) is 1.71. The predicted octanol–water partition coefficient (Wildman–Crippen LogP) is 3.77. The van der Waals surface area contributed by atoms with Crippen molar-refractivity contribution in [1.82, 2.24) is 0 Å². The number of carbonyl (C=O) groups excluding carboxylic acids is 1. The second-order valence-corrected chi connectivity index (χ2v) is 5.12. The van der Waals surface area contributed by atoms with Crippen molar-refractivity contribution >= 4 is 40.6 Å². The molecule has 0 aliphatic heterocycles. The zero-order valence-corrected chi connectivity index (χ0v) is 11.9. The smallest absolute Gasteiger partial charge is 0.169 e. The lowest BCUT2D eigenvalue weighted by atomic mass is 9.90. The Morgan fingerprint density at radius 2 is 1.89 bits per heavy atom. The van der Waals surface area contributed by atoms with E-state index in [0.717, 1.165) is 0 Å². The summed E-state index contributed by atoms with van der Waals surface area (Å²) in [7, 11) is 0. The van der Waals surface area contributed by atoms with Crippen molar-refractivity contribution in [2.24, 2.45) is 0 Å². The average Bonchev–Trinajstić information content (AvgIpc) is 2.32. The van der Waals surface area contributed by atoms with Crippen LogP contribution in [-0.4, -0.2) is 24.6 Å². The number of benzene rings is 1. The summed E-state index contributed by atoms with van der Waals surface area (Å²) in [5.74, 6) is 0.450. The van der Waals surface area contributed by atoms with Crippen LogP contribution in [0.25, 0.3) is 0 Å². The van der Waals surface area contributed by atoms with Crippen LogP contribution >= 0.6 is 34.8 Å². The van der Waals surface area contributed by atoms with Crippen molar-refractivity contribution in [3.05, 3.63) is 27.2 Å². The Balaban J connectivity index is 2.10. The van der Waals surface area contributed by atoms with E-state index in [1.54, 1.807) is 0 Å². The maximum absolute atomic E-state index is 11.3. The fourth-order valence-corrected chi connectivity index (χ4v) is 2.29. The minimum Gasteiger partial charge on any atom is -0.485 e. The Bertz CT molecular complexity index is 476. The topological polar surface area (TPSA) is 35.5 Å². The first kappa shape index (κ1) is 13.9. The van der Waals surface area contributed by atoms with Crippen molar-refractivity contribution in [1.29, 1.82) is 0 Å². The van der Waals surface area contributed by atoms with Gasteiger partial charge in [-0.3, -0.25) is 4.79 Å². The van der Waals surface area contributed by atoms with E-state index in [1.807, 2.05) is 6.92 Å². The number of hydrogen-bond acceptors (Lipinski definition) is 3. The largest absolute Gasteiger partial charge is 0.485 e. The molecule has 0 saturated heterocycles. The van der Waals surface area contributed by atoms with E-state index in [0.29, 0.717) is 33.8 Å². The van der Waals surface area contributed by atoms with Gasteiger partial charge < -0.3 is 9.47 Å². The first-order chi connectivity index (χ1) is 8.52. The second kappa shape index (κ2) is 5.66. The lowest BCUT2D eigenvalue weighted by Gasteiger charge is -2.34. The monoisotopic (exact) mass is 308 g/mol. The molecule has 1 aliphatic rings. The molecule has 3 nitrogen and oxygen atoms in total. The summed E-state index contributed by atoms with van der Waals surface area (Å²) >= 11 is 17.7. The molecule has 0 radical (unpaired) electrons. The van der Waals surface area contributed by atoms with Gasteiger partial charge in [0.15, 0.2) is 11.9 Å². The fraction of sp³-hybridized carbons (Fsp3) is 0.417. The van der Waals surface area contributed by atoms with Crippen LogP contribution in [-0.2, 0) is 9.53 Å². The molecule has 0 bridgehead atoms. The Hall–Kier alpha value is -0.480. The van der Waals surface area contributed by atoms with E-state index in [1.165, 1.54) is 12.1 Å². The Morgan fingerprint density at radius 3 is 2.50 bits per heavy atom. The standard InChI is InChI=1S/C12H11Cl3O3/c1-2-17-12-9(16)5-11(12)18-10-4-7(14)6(13)3-8(10)15/h3-4,11-12H,2,5H2,1H3. The lowest BCUT2D eigenvalue weighted by molar-refractivity contribution is -0.154. The SMILES string of the molecule is CCOC1C(=O)CC1Oc1cc(Cl)c(Cl)cc1Cl. The maximum Gasteiger partial charge on any atom is 0.169 e. The van der Waals surface area contributed by atoms with Crippen LogP contribution in [0.3, 0.4) is 0 Å². The number of rotatable bonds is 4. The van der Waals surface area contributed by atoms with Crippen LogP contribution in [0.1, 0.15) is 13.3 Å². The third kappa shape index (κ3) is 2.75. The molecule has 0 spiro atoms. The van der Waals surface area contributed by atoms with Crippen molar-refractivity contribution in [2.75, 3.05) is 6.61 Å². The van der Waals surface area contributed by atoms with Gasteiger partial charge in [-0.25, -0.2) is 0 Å². The van der Waals surface area contributed by atoms with Gasteiger partial charge in [0, 0.05) is 19.1 Å². The van der Waals surface area contributed by atoms with Crippen LogP contribution < -0.4 is 4.74 Å². The molecule has 0 heterocycles. The highest BCUT2D eigenvalue weighted by Gasteiger charge is 2.42. The van der Waals surface area contributed by atoms with Gasteiger partial charge in [0.1, 0.15) is 11.9 Å². The highest BCUT2D eigenvalue weighted by atomic mass is 35.5. The van der Waals surface area contributed by atoms with Gasteiger partial charge in [0.2, 0.25) is 0 Å². The highest BCUT2D eigenvalue weighted by Crippen LogP contribution is 2.36. The average molecular weight is 310 g/mol. The highest BCUT2D eigenvalue weighted by molar-refractivity contribution is 6.43. The minimum atomic E-state index is -0.513. The molecule has 0 amide bonds. The molecular weight excluding hydrogens is 298 g/mol. The molecule has 1 aromatic rings. The van der Waals surface area contributed by atoms with Crippen LogP contribution in [0.4, 0.5) is 0 Å². The number of ketones is 1. The van der Waals surface area contributed by atoms with Gasteiger partial charge in [-0.2, -0.15) is 0 Å². The summed E-state index contributed by atoms with van der Waals surface area (Å²) in [4.78, 5) is 11.3. The Morgan fingerprint density at radius 1 is 1.22 bits per heavy atom. The minimum absolute atomic E-state index is 0.0398. The van der Waals surface area contributed by atoms with E-state index in [2.05, 4.69) is 0 Å². The van der Waals surface area contributed by atoms with Crippen molar-refractivity contribution in [2.45, 2.75) is 25.6 Å². The number of ether oxygens (including phenoxy) is 2. The van der Waals surface area contributed by atoms with Gasteiger partial charge in [-0.1, -0.05) is 34.8 Å². The maximum atomic E-state index is 11.3.